The molecule has 0 unspecified atom stereocenters. The largest absolute Gasteiger partial charge is 0.386 e. The van der Waals surface area contributed by atoms with E-state index in [0.717, 1.165) is 20.0 Å². The van der Waals surface area contributed by atoms with Crippen molar-refractivity contribution in [2.24, 2.45) is 4.99 Å². The number of aliphatic imine (C=N–C) groups is 1. The Labute approximate surface area is 123 Å². The maximum Gasteiger partial charge on any atom is 0.386 e. The lowest BCUT2D eigenvalue weighted by molar-refractivity contribution is -0.273. The van der Waals surface area contributed by atoms with Crippen LogP contribution in [0.4, 0.5) is 14.8 Å². The fourth-order valence-electron chi connectivity index (χ4n) is 3.12. The molecule has 3 heterocycles. The zero-order chi connectivity index (χ0) is 14.9. The van der Waals surface area contributed by atoms with Crippen molar-refractivity contribution in [2.45, 2.75) is 0 Å². The van der Waals surface area contributed by atoms with Crippen molar-refractivity contribution in [3.63, 3.8) is 0 Å². The summed E-state index contributed by atoms with van der Waals surface area (Å²) in [5.41, 5.74) is 0.453. The Morgan fingerprint density at radius 2 is 1.77 bits per heavy atom. The van der Waals surface area contributed by atoms with E-state index >= 15 is 8.96 Å². The number of fused-ring (bicyclic) bond motifs is 5. The molecule has 6 heteroatoms. The number of hydrogen-bond acceptors (Lipinski definition) is 1. The zero-order valence-electron chi connectivity index (χ0n) is 11.3. The molecule has 0 atom stereocenters. The van der Waals surface area contributed by atoms with Gasteiger partial charge in [0.1, 0.15) is 14.5 Å². The number of halogens is 2. The first kappa shape index (κ1) is 11.8. The summed E-state index contributed by atoms with van der Waals surface area (Å²) in [6, 6.07) is 15.8. The lowest BCUT2D eigenvalue weighted by atomic mass is 10.2. The summed E-state index contributed by atoms with van der Waals surface area (Å²) >= 11 is 0. The number of amidine groups is 1. The van der Waals surface area contributed by atoms with Gasteiger partial charge in [0.15, 0.2) is 0 Å². The van der Waals surface area contributed by atoms with Gasteiger partial charge in [-0.15, -0.1) is 0 Å². The summed E-state index contributed by atoms with van der Waals surface area (Å²) in [7, 11) is 0. The topological polar surface area (TPSA) is 20.3 Å². The molecule has 0 N–H and O–H groups in total. The minimum absolute atomic E-state index is 0.251. The summed E-state index contributed by atoms with van der Waals surface area (Å²) in [6.45, 7) is 0. The number of rotatable bonds is 0. The van der Waals surface area contributed by atoms with Gasteiger partial charge in [-0.1, -0.05) is 36.4 Å². The summed E-state index contributed by atoms with van der Waals surface area (Å²) in [5, 5.41) is -0.479. The molecular weight excluding hydrogens is 286 g/mol. The first-order chi connectivity index (χ1) is 10.7. The number of hydrogen-bond donors (Lipinski definition) is 0. The third-order valence-corrected chi connectivity index (χ3v) is 4.04. The van der Waals surface area contributed by atoms with Crippen molar-refractivity contribution in [3.8, 4) is 0 Å². The number of para-hydroxylation sites is 2. The number of nitrogens with zero attached hydrogens (tertiary/aromatic N) is 4. The van der Waals surface area contributed by atoms with E-state index in [1.807, 2.05) is 24.3 Å². The molecule has 0 bridgehead atoms. The standard InChI is InChI=1S/C16H10F2N4/c17-22(18)20-13-7-3-1-5-11(13)9-15(20)19-16-10-12-6-2-4-8-14(12)21(16)22/h1-10H/q+2. The van der Waals surface area contributed by atoms with E-state index in [0.29, 0.717) is 10.9 Å². The van der Waals surface area contributed by atoms with Gasteiger partial charge in [-0.25, -0.2) is 0 Å². The molecule has 5 rings (SSSR count). The van der Waals surface area contributed by atoms with Gasteiger partial charge >= 0.3 is 16.8 Å². The van der Waals surface area contributed by atoms with E-state index in [4.69, 9.17) is 0 Å². The van der Waals surface area contributed by atoms with Crippen LogP contribution in [0.5, 0.6) is 0 Å². The van der Waals surface area contributed by atoms with E-state index in [1.165, 1.54) is 0 Å². The van der Waals surface area contributed by atoms with Gasteiger partial charge < -0.3 is 0 Å². The molecule has 3 aromatic rings. The number of quaternary nitrogens is 1. The van der Waals surface area contributed by atoms with E-state index in [9.17, 15) is 0 Å². The van der Waals surface area contributed by atoms with Crippen LogP contribution in [0.25, 0.3) is 17.0 Å². The number of benzene rings is 2. The van der Waals surface area contributed by atoms with Gasteiger partial charge in [0, 0.05) is 22.7 Å². The van der Waals surface area contributed by atoms with E-state index in [2.05, 4.69) is 4.99 Å². The highest BCUT2D eigenvalue weighted by Crippen LogP contribution is 2.32. The lowest BCUT2D eigenvalue weighted by Crippen LogP contribution is -2.61. The predicted octanol–water partition coefficient (Wildman–Crippen LogP) is 1.79. The highest BCUT2D eigenvalue weighted by Gasteiger charge is 2.55. The van der Waals surface area contributed by atoms with Crippen molar-refractivity contribution in [3.05, 3.63) is 65.2 Å². The minimum Gasteiger partial charge on any atom is -0.0615 e. The molecule has 0 saturated carbocycles. The highest BCUT2D eigenvalue weighted by atomic mass is 19.4. The zero-order valence-corrected chi connectivity index (χ0v) is 11.3. The molecule has 0 aliphatic carbocycles. The molecule has 1 aromatic heterocycles. The predicted molar refractivity (Wildman–Crippen MR) is 80.2 cm³/mol. The van der Waals surface area contributed by atoms with Crippen LogP contribution < -0.4 is 20.4 Å². The molecule has 0 amide bonds. The van der Waals surface area contributed by atoms with Crippen molar-refractivity contribution in [2.75, 3.05) is 0 Å². The van der Waals surface area contributed by atoms with Crippen LogP contribution in [0.1, 0.15) is 0 Å². The van der Waals surface area contributed by atoms with Gasteiger partial charge in [0.05, 0.1) is 4.68 Å². The maximum absolute atomic E-state index is 15.1. The molecule has 0 fully saturated rings. The second-order valence-electron chi connectivity index (χ2n) is 5.31. The fraction of sp³-hybridized carbons (Fsp3) is 0. The molecule has 0 radical (unpaired) electrons. The third kappa shape index (κ3) is 1.28. The minimum atomic E-state index is -2.42. The number of aromatic nitrogens is 1. The van der Waals surface area contributed by atoms with Crippen molar-refractivity contribution < 1.29 is 8.96 Å². The SMILES string of the molecule is F[N+]1(F)n2c(cc3ccccc32)N=C2C=c3ccccc3=[N+]21. The van der Waals surface area contributed by atoms with Crippen LogP contribution in [-0.2, 0) is 0 Å². The van der Waals surface area contributed by atoms with Crippen LogP contribution in [0.15, 0.2) is 59.6 Å². The summed E-state index contributed by atoms with van der Waals surface area (Å²) in [5.74, 6) is 0.503. The summed E-state index contributed by atoms with van der Waals surface area (Å²) < 4.78 is 32.1. The first-order valence-corrected chi connectivity index (χ1v) is 6.89. The van der Waals surface area contributed by atoms with Gasteiger partial charge in [0.2, 0.25) is 5.36 Å². The molecule has 2 aromatic carbocycles. The lowest BCUT2D eigenvalue weighted by Gasteiger charge is -2.14. The van der Waals surface area contributed by atoms with Crippen molar-refractivity contribution >= 4 is 28.6 Å². The Morgan fingerprint density at radius 3 is 2.68 bits per heavy atom. The second-order valence-corrected chi connectivity index (χ2v) is 5.31. The molecule has 22 heavy (non-hydrogen) atoms. The van der Waals surface area contributed by atoms with E-state index in [-0.39, 0.29) is 11.7 Å². The van der Waals surface area contributed by atoms with Gasteiger partial charge in [-0.3, -0.25) is 0 Å². The Morgan fingerprint density at radius 1 is 1.00 bits per heavy atom. The Balaban J connectivity index is 1.97. The Kier molecular flexibility index (Phi) is 1.96. The normalized spacial score (nSPS) is 17.5. The molecular formula is C16H10F2N4+2. The second kappa shape index (κ2) is 3.66. The Bertz CT molecular complexity index is 1110. The van der Waals surface area contributed by atoms with Crippen LogP contribution in [0.3, 0.4) is 0 Å². The summed E-state index contributed by atoms with van der Waals surface area (Å²) in [6.07, 6.45) is 1.68. The smallest absolute Gasteiger partial charge is 0.0615 e. The molecule has 2 aliphatic rings. The first-order valence-electron chi connectivity index (χ1n) is 6.89. The van der Waals surface area contributed by atoms with Gasteiger partial charge in [-0.2, -0.15) is 0 Å². The molecule has 0 spiro atoms. The van der Waals surface area contributed by atoms with E-state index in [1.54, 1.807) is 36.4 Å². The van der Waals surface area contributed by atoms with Crippen LogP contribution in [0.2, 0.25) is 0 Å². The van der Waals surface area contributed by atoms with Crippen LogP contribution in [-0.4, -0.2) is 10.5 Å². The quantitative estimate of drug-likeness (QED) is 0.445. The molecule has 106 valence electrons. The molecule has 4 nitrogen and oxygen atoms in total. The fourth-order valence-corrected chi connectivity index (χ4v) is 3.12. The summed E-state index contributed by atoms with van der Waals surface area (Å²) in [4.78, 5) is 4.41. The highest BCUT2D eigenvalue weighted by molar-refractivity contribution is 6.12. The monoisotopic (exact) mass is 296 g/mol. The maximum atomic E-state index is 15.1. The van der Waals surface area contributed by atoms with Crippen molar-refractivity contribution in [1.29, 1.82) is 0 Å². The van der Waals surface area contributed by atoms with Crippen LogP contribution in [0, 0.1) is 0 Å². The van der Waals surface area contributed by atoms with E-state index < -0.39 is 5.15 Å². The Hall–Kier alpha value is -2.86. The third-order valence-electron chi connectivity index (χ3n) is 4.04. The average molecular weight is 296 g/mol. The van der Waals surface area contributed by atoms with Gasteiger partial charge in [0.25, 0.3) is 0 Å². The van der Waals surface area contributed by atoms with Gasteiger partial charge in [-0.05, 0) is 21.8 Å². The average Bonchev–Trinajstić information content (AvgIpc) is 3.05. The van der Waals surface area contributed by atoms with Crippen LogP contribution >= 0.6 is 0 Å². The van der Waals surface area contributed by atoms with Crippen molar-refractivity contribution in [1.82, 2.24) is 14.5 Å². The molecule has 0 saturated heterocycles. The molecule has 2 aliphatic heterocycles.